The minimum absolute atomic E-state index is 0.228. The highest BCUT2D eigenvalue weighted by Crippen LogP contribution is 2.31. The summed E-state index contributed by atoms with van der Waals surface area (Å²) in [4.78, 5) is 6.56. The molecule has 1 unspecified atom stereocenters. The molecule has 0 bridgehead atoms. The second kappa shape index (κ2) is 7.69. The molecule has 8 nitrogen and oxygen atoms in total. The zero-order chi connectivity index (χ0) is 17.9. The number of aromatic nitrogens is 2. The van der Waals surface area contributed by atoms with Gasteiger partial charge in [0.25, 0.3) is 0 Å². The monoisotopic (exact) mass is 372 g/mol. The number of rotatable bonds is 7. The molecule has 142 valence electrons. The molecule has 9 heteroatoms. The second-order valence-electron chi connectivity index (χ2n) is 6.95. The van der Waals surface area contributed by atoms with Gasteiger partial charge in [0.15, 0.2) is 5.82 Å². The standard InChI is InChI=1S/C16H28N4O4S/c1-3-5-10-25(21,22)20-8-9-23-16(13-20)6-7-19(12-16)11-14-17-15(4-2)24-18-14/h3-13H2,1-2H3. The Morgan fingerprint density at radius 2 is 2.08 bits per heavy atom. The first kappa shape index (κ1) is 18.8. The van der Waals surface area contributed by atoms with Crippen LogP contribution in [0.1, 0.15) is 44.8 Å². The molecule has 2 saturated heterocycles. The molecule has 3 rings (SSSR count). The van der Waals surface area contributed by atoms with E-state index in [0.29, 0.717) is 50.9 Å². The van der Waals surface area contributed by atoms with Crippen molar-refractivity contribution in [3.63, 3.8) is 0 Å². The van der Waals surface area contributed by atoms with Gasteiger partial charge in [-0.05, 0) is 12.8 Å². The number of morpholine rings is 1. The molecule has 3 heterocycles. The maximum atomic E-state index is 12.5. The van der Waals surface area contributed by atoms with Crippen LogP contribution in [0, 0.1) is 0 Å². The highest BCUT2D eigenvalue weighted by atomic mass is 32.2. The van der Waals surface area contributed by atoms with Gasteiger partial charge in [-0.25, -0.2) is 8.42 Å². The third-order valence-electron chi connectivity index (χ3n) is 4.94. The molecule has 1 aromatic heterocycles. The minimum atomic E-state index is -3.19. The van der Waals surface area contributed by atoms with Crippen molar-refractivity contribution in [2.75, 3.05) is 38.5 Å². The van der Waals surface area contributed by atoms with E-state index in [1.165, 1.54) is 0 Å². The van der Waals surface area contributed by atoms with Crippen LogP contribution in [0.4, 0.5) is 0 Å². The predicted octanol–water partition coefficient (Wildman–Crippen LogP) is 1.04. The zero-order valence-electron chi connectivity index (χ0n) is 15.1. The second-order valence-corrected chi connectivity index (χ2v) is 9.04. The lowest BCUT2D eigenvalue weighted by Crippen LogP contribution is -2.55. The van der Waals surface area contributed by atoms with Gasteiger partial charge < -0.3 is 9.26 Å². The van der Waals surface area contributed by atoms with E-state index >= 15 is 0 Å². The quantitative estimate of drug-likeness (QED) is 0.706. The molecule has 0 saturated carbocycles. The van der Waals surface area contributed by atoms with Gasteiger partial charge in [-0.2, -0.15) is 9.29 Å². The van der Waals surface area contributed by atoms with Gasteiger partial charge in [0.2, 0.25) is 15.9 Å². The Hall–Kier alpha value is -1.03. The Kier molecular flexibility index (Phi) is 5.77. The van der Waals surface area contributed by atoms with Crippen LogP contribution in [-0.2, 0) is 27.7 Å². The van der Waals surface area contributed by atoms with E-state index in [1.807, 2.05) is 13.8 Å². The zero-order valence-corrected chi connectivity index (χ0v) is 15.9. The highest BCUT2D eigenvalue weighted by molar-refractivity contribution is 7.89. The van der Waals surface area contributed by atoms with Crippen molar-refractivity contribution in [3.8, 4) is 0 Å². The summed E-state index contributed by atoms with van der Waals surface area (Å²) in [7, 11) is -3.19. The Morgan fingerprint density at radius 3 is 2.80 bits per heavy atom. The van der Waals surface area contributed by atoms with Crippen molar-refractivity contribution < 1.29 is 17.7 Å². The molecule has 1 spiro atoms. The van der Waals surface area contributed by atoms with Gasteiger partial charge in [-0.15, -0.1) is 0 Å². The van der Waals surface area contributed by atoms with Crippen LogP contribution in [0.2, 0.25) is 0 Å². The summed E-state index contributed by atoms with van der Waals surface area (Å²) >= 11 is 0. The van der Waals surface area contributed by atoms with Crippen molar-refractivity contribution in [2.24, 2.45) is 0 Å². The fraction of sp³-hybridized carbons (Fsp3) is 0.875. The summed E-state index contributed by atoms with van der Waals surface area (Å²) in [6.45, 7) is 7.50. The Bertz CT molecular complexity index is 677. The molecule has 2 aliphatic rings. The summed E-state index contributed by atoms with van der Waals surface area (Å²) in [5.41, 5.74) is -0.408. The lowest BCUT2D eigenvalue weighted by Gasteiger charge is -2.39. The van der Waals surface area contributed by atoms with E-state index in [-0.39, 0.29) is 5.75 Å². The molecule has 0 aliphatic carbocycles. The van der Waals surface area contributed by atoms with Crippen LogP contribution in [0.3, 0.4) is 0 Å². The van der Waals surface area contributed by atoms with E-state index in [2.05, 4.69) is 15.0 Å². The SMILES string of the molecule is CCCCS(=O)(=O)N1CCOC2(CCN(Cc3noc(CC)n3)C2)C1. The summed E-state index contributed by atoms with van der Waals surface area (Å²) in [5.74, 6) is 1.55. The maximum absolute atomic E-state index is 12.5. The normalized spacial score (nSPS) is 25.8. The molecule has 0 radical (unpaired) electrons. The molecular weight excluding hydrogens is 344 g/mol. The van der Waals surface area contributed by atoms with E-state index in [0.717, 1.165) is 25.8 Å². The Morgan fingerprint density at radius 1 is 1.24 bits per heavy atom. The largest absolute Gasteiger partial charge is 0.371 e. The van der Waals surface area contributed by atoms with E-state index < -0.39 is 15.6 Å². The lowest BCUT2D eigenvalue weighted by molar-refractivity contribution is -0.0813. The molecule has 1 atom stereocenters. The van der Waals surface area contributed by atoms with Gasteiger partial charge in [-0.1, -0.05) is 25.4 Å². The molecule has 0 amide bonds. The van der Waals surface area contributed by atoms with Crippen LogP contribution in [0.5, 0.6) is 0 Å². The summed E-state index contributed by atoms with van der Waals surface area (Å²) in [6.07, 6.45) is 3.14. The number of ether oxygens (including phenoxy) is 1. The van der Waals surface area contributed by atoms with Crippen molar-refractivity contribution in [2.45, 2.75) is 51.7 Å². The molecule has 2 fully saturated rings. The molecule has 0 N–H and O–H groups in total. The minimum Gasteiger partial charge on any atom is -0.371 e. The smallest absolute Gasteiger partial charge is 0.226 e. The highest BCUT2D eigenvalue weighted by Gasteiger charge is 2.45. The van der Waals surface area contributed by atoms with Gasteiger partial charge in [0.05, 0.1) is 24.5 Å². The van der Waals surface area contributed by atoms with Gasteiger partial charge in [0, 0.05) is 32.6 Å². The number of aryl methyl sites for hydroxylation is 1. The first-order chi connectivity index (χ1) is 12.0. The third-order valence-corrected chi connectivity index (χ3v) is 6.84. The number of unbranched alkanes of at least 4 members (excludes halogenated alkanes) is 1. The maximum Gasteiger partial charge on any atom is 0.226 e. The third kappa shape index (κ3) is 4.39. The first-order valence-electron chi connectivity index (χ1n) is 9.12. The van der Waals surface area contributed by atoms with Crippen molar-refractivity contribution in [3.05, 3.63) is 11.7 Å². The van der Waals surface area contributed by atoms with Crippen LogP contribution >= 0.6 is 0 Å². The number of hydrogen-bond donors (Lipinski definition) is 0. The van der Waals surface area contributed by atoms with Crippen LogP contribution in [0.25, 0.3) is 0 Å². The average Bonchev–Trinajstić information content (AvgIpc) is 3.21. The van der Waals surface area contributed by atoms with E-state index in [1.54, 1.807) is 4.31 Å². The lowest BCUT2D eigenvalue weighted by atomic mass is 10.0. The Labute approximate surface area is 149 Å². The topological polar surface area (TPSA) is 88.8 Å². The van der Waals surface area contributed by atoms with E-state index in [9.17, 15) is 8.42 Å². The molecule has 2 aliphatic heterocycles. The number of nitrogens with zero attached hydrogens (tertiary/aromatic N) is 4. The van der Waals surface area contributed by atoms with Gasteiger partial charge in [0.1, 0.15) is 0 Å². The van der Waals surface area contributed by atoms with Crippen molar-refractivity contribution in [1.29, 1.82) is 0 Å². The number of hydrogen-bond acceptors (Lipinski definition) is 7. The molecule has 25 heavy (non-hydrogen) atoms. The summed E-state index contributed by atoms with van der Waals surface area (Å²) < 4.78 is 37.9. The van der Waals surface area contributed by atoms with Crippen LogP contribution < -0.4 is 0 Å². The predicted molar refractivity (Wildman–Crippen MR) is 92.5 cm³/mol. The van der Waals surface area contributed by atoms with E-state index in [4.69, 9.17) is 9.26 Å². The molecule has 0 aromatic carbocycles. The number of sulfonamides is 1. The van der Waals surface area contributed by atoms with Gasteiger partial charge >= 0.3 is 0 Å². The fourth-order valence-corrected chi connectivity index (χ4v) is 5.21. The summed E-state index contributed by atoms with van der Waals surface area (Å²) in [5, 5.41) is 4.00. The van der Waals surface area contributed by atoms with Gasteiger partial charge in [-0.3, -0.25) is 4.90 Å². The fourth-order valence-electron chi connectivity index (χ4n) is 3.51. The van der Waals surface area contributed by atoms with Crippen LogP contribution in [0.15, 0.2) is 4.52 Å². The van der Waals surface area contributed by atoms with Crippen LogP contribution in [-0.4, -0.2) is 71.9 Å². The Balaban J connectivity index is 1.60. The average molecular weight is 372 g/mol. The first-order valence-corrected chi connectivity index (χ1v) is 10.7. The molecular formula is C16H28N4O4S. The number of likely N-dealkylation sites (tertiary alicyclic amines) is 1. The molecule has 1 aromatic rings. The van der Waals surface area contributed by atoms with Crippen molar-refractivity contribution in [1.82, 2.24) is 19.3 Å². The van der Waals surface area contributed by atoms with Crippen molar-refractivity contribution >= 4 is 10.0 Å². The summed E-state index contributed by atoms with van der Waals surface area (Å²) in [6, 6.07) is 0.